The summed E-state index contributed by atoms with van der Waals surface area (Å²) in [5.74, 6) is -3.95. The number of thioether (sulfide) groups is 2. The van der Waals surface area contributed by atoms with E-state index in [0.717, 1.165) is 60.6 Å². The minimum atomic E-state index is -4.79. The molecule has 31 heteroatoms. The minimum absolute atomic E-state index is 0. The first-order chi connectivity index (χ1) is 45.2. The molecule has 3 aromatic carbocycles. The van der Waals surface area contributed by atoms with Gasteiger partial charge in [-0.1, -0.05) is 57.2 Å². The third-order valence-corrected chi connectivity index (χ3v) is 20.7. The molecule has 520 valence electrons. The fraction of sp³-hybridized carbons (Fsp3) is 0.478. The number of benzene rings is 3. The van der Waals surface area contributed by atoms with Gasteiger partial charge >= 0.3 is 48.1 Å². The van der Waals surface area contributed by atoms with Crippen LogP contribution in [0, 0.1) is 54.3 Å². The molecule has 6 fully saturated rings. The van der Waals surface area contributed by atoms with Crippen molar-refractivity contribution in [2.45, 2.75) is 186 Å². The molecule has 0 bridgehead atoms. The molecule has 5 amide bonds. The van der Waals surface area contributed by atoms with E-state index in [4.69, 9.17) is 9.92 Å². The van der Waals surface area contributed by atoms with Crippen molar-refractivity contribution in [3.63, 3.8) is 0 Å². The van der Waals surface area contributed by atoms with Gasteiger partial charge in [0.1, 0.15) is 34.0 Å². The Morgan fingerprint density at radius 1 is 0.653 bits per heavy atom. The Morgan fingerprint density at radius 2 is 1.09 bits per heavy atom. The van der Waals surface area contributed by atoms with Gasteiger partial charge in [0.25, 0.3) is 10.1 Å². The molecule has 2 saturated heterocycles. The first-order valence-electron chi connectivity index (χ1n) is 30.8. The number of nitrogens with two attached hydrogens (primary N) is 1. The average molecular weight is 1440 g/mol. The molecule has 0 unspecified atom stereocenters. The fourth-order valence-electron chi connectivity index (χ4n) is 10.9. The van der Waals surface area contributed by atoms with Gasteiger partial charge in [0, 0.05) is 70.5 Å². The Morgan fingerprint density at radius 3 is 1.50 bits per heavy atom. The third-order valence-electron chi connectivity index (χ3n) is 16.8. The number of carbonyl (C=O) groups is 5. The van der Waals surface area contributed by atoms with Gasteiger partial charge in [-0.2, -0.15) is 58.5 Å². The number of hydrogen-bond donors (Lipinski definition) is 3. The number of carbonyl (C=O) groups excluding carboxylic acids is 5. The molecule has 11 rings (SSSR count). The van der Waals surface area contributed by atoms with Gasteiger partial charge in [-0.05, 0) is 161 Å². The number of amides is 5. The standard InChI is InChI=1S/C27H27F3N4O2S.C20H20F3N3O5S.C16H15F3N2OS.C4H9O.Na/c1-16-11-18(19-5-10-32-17(2)12-19)3-4-22(16)37-20-13-21(23(35)33-25(15-31)6-7-25)34(14-20)24(36)26(8-9-26)27(28,29)30;21-20(22,23)19(8-9-19)17(28)26-11-13(31-32(29,30)14-4-2-1-3-5-14)10-15(26)16(27)25-18(12-24)6-7-18;1-10-8-12(4-6-21-10)11-2-3-14(23-7-5-15(20)22)13(9-11)16(17,18)19;1-4(2,3)5;/h3-5,10-12,20-21H,6-9,13-14H2,1-2H3,(H,33,35);1-5,13,15H,6-11H2,(H,25,27);2-4,6,8-9H,5,7H2,1H3,(H2,20,22);1-3H3;/q;;;-1;+1/t20-,21+;13-,15-;;;/m10.../s1. The zero-order valence-corrected chi connectivity index (χ0v) is 59.0. The Hall–Kier alpha value is -6.77. The van der Waals surface area contributed by atoms with Crippen LogP contribution in [0.25, 0.3) is 22.3 Å². The van der Waals surface area contributed by atoms with Crippen molar-refractivity contribution in [2.75, 3.05) is 18.8 Å². The van der Waals surface area contributed by atoms with E-state index >= 15 is 0 Å². The Labute approximate surface area is 592 Å². The molecule has 0 spiro atoms. The molecule has 6 aliphatic rings. The third kappa shape index (κ3) is 19.6. The Balaban J connectivity index is 0.000000204. The van der Waals surface area contributed by atoms with Gasteiger partial charge in [0.15, 0.2) is 0 Å². The largest absolute Gasteiger partial charge is 1.00 e. The Bertz CT molecular complexity index is 3980. The number of aromatic nitrogens is 2. The average Bonchev–Trinajstić information content (AvgIpc) is 1.58. The topological polar surface area (TPSA) is 282 Å². The maximum absolute atomic E-state index is 13.8. The van der Waals surface area contributed by atoms with E-state index in [2.05, 4.69) is 26.7 Å². The van der Waals surface area contributed by atoms with E-state index in [1.54, 1.807) is 64.4 Å². The SMILES string of the molecule is CC(C)(C)[O-].Cc1cc(-c2ccc(SCCC(N)=O)c(C(F)(F)F)c2)ccn1.Cc1cc(-c2ccc(S[C@@H]3C[C@@H](C(=O)NC4(C#N)CC4)N(C(=O)C4(C(F)(F)F)CC4)C3)c(C)c2)ccn1.N#CC1(NC(=O)[C@@H]2C[C@H](OS(=O)(=O)c3ccccc3)CN2C(=O)C2(C(F)(F)F)CC2)CC1.[Na+]. The number of rotatable bonds is 17. The second-order valence-corrected chi connectivity index (χ2v) is 30.0. The molecule has 2 aliphatic heterocycles. The number of primary amides is 1. The van der Waals surface area contributed by atoms with Crippen molar-refractivity contribution in [1.29, 1.82) is 10.5 Å². The van der Waals surface area contributed by atoms with Crippen molar-refractivity contribution in [3.8, 4) is 34.4 Å². The summed E-state index contributed by atoms with van der Waals surface area (Å²) in [6, 6.07) is 26.3. The van der Waals surface area contributed by atoms with Gasteiger partial charge in [0.2, 0.25) is 29.5 Å². The predicted octanol–water partition coefficient (Wildman–Crippen LogP) is 8.01. The quantitative estimate of drug-likeness (QED) is 0.0344. The number of alkyl halides is 9. The van der Waals surface area contributed by atoms with Gasteiger partial charge in [-0.3, -0.25) is 38.1 Å². The van der Waals surface area contributed by atoms with Crippen LogP contribution in [-0.4, -0.2) is 129 Å². The van der Waals surface area contributed by atoms with Crippen LogP contribution in [0.3, 0.4) is 0 Å². The van der Waals surface area contributed by atoms with Crippen molar-refractivity contribution in [2.24, 2.45) is 16.6 Å². The van der Waals surface area contributed by atoms with Crippen molar-refractivity contribution < 1.29 is 111 Å². The summed E-state index contributed by atoms with van der Waals surface area (Å²) in [6.45, 7) is 10.1. The van der Waals surface area contributed by atoms with E-state index in [1.165, 1.54) is 42.1 Å². The summed E-state index contributed by atoms with van der Waals surface area (Å²) in [5, 5.41) is 33.6. The zero-order valence-electron chi connectivity index (χ0n) is 54.6. The molecule has 4 heterocycles. The van der Waals surface area contributed by atoms with E-state index in [-0.39, 0.29) is 89.0 Å². The number of nitrogens with one attached hydrogen (secondary N) is 2. The zero-order chi connectivity index (χ0) is 71.5. The number of halogens is 9. The maximum atomic E-state index is 13.8. The predicted molar refractivity (Wildman–Crippen MR) is 338 cm³/mol. The summed E-state index contributed by atoms with van der Waals surface area (Å²) in [5.41, 5.74) is 2.40. The van der Waals surface area contributed by atoms with Crippen LogP contribution in [0.5, 0.6) is 0 Å². The monoisotopic (exact) mass is 1440 g/mol. The van der Waals surface area contributed by atoms with Crippen LogP contribution >= 0.6 is 23.5 Å². The minimum Gasteiger partial charge on any atom is -0.850 e. The molecule has 4 aliphatic carbocycles. The smallest absolute Gasteiger partial charge is 0.850 e. The van der Waals surface area contributed by atoms with E-state index in [0.29, 0.717) is 36.8 Å². The molecular formula is C67H71F9N9NaO9S3. The van der Waals surface area contributed by atoms with Crippen LogP contribution in [0.15, 0.2) is 118 Å². The molecule has 0 radical (unpaired) electrons. The summed E-state index contributed by atoms with van der Waals surface area (Å²) >= 11 is 2.45. The summed E-state index contributed by atoms with van der Waals surface area (Å²) in [4.78, 5) is 73.7. The van der Waals surface area contributed by atoms with E-state index in [9.17, 15) is 87.5 Å². The molecule has 5 aromatic rings. The van der Waals surface area contributed by atoms with Crippen LogP contribution < -0.4 is 51.0 Å². The molecule has 4 atom stereocenters. The maximum Gasteiger partial charge on any atom is 1.00 e. The van der Waals surface area contributed by atoms with Gasteiger partial charge in [0.05, 0.1) is 28.7 Å². The van der Waals surface area contributed by atoms with E-state index < -0.39 is 129 Å². The normalized spacial score (nSPS) is 20.5. The molecular weight excluding hydrogens is 1360 g/mol. The molecule has 4 N–H and O–H groups in total. The van der Waals surface area contributed by atoms with Crippen molar-refractivity contribution >= 4 is 63.2 Å². The first-order valence-corrected chi connectivity index (χ1v) is 34.1. The number of pyridine rings is 2. The molecule has 4 saturated carbocycles. The summed E-state index contributed by atoms with van der Waals surface area (Å²) < 4.78 is 152. The fourth-order valence-corrected chi connectivity index (χ4v) is 14.3. The van der Waals surface area contributed by atoms with Crippen LogP contribution in [0.4, 0.5) is 39.5 Å². The molecule has 2 aromatic heterocycles. The van der Waals surface area contributed by atoms with Crippen molar-refractivity contribution in [3.05, 3.63) is 126 Å². The number of nitrogens with zero attached hydrogens (tertiary/aromatic N) is 6. The number of aryl methyl sites for hydroxylation is 3. The Kier molecular flexibility index (Phi) is 24.5. The van der Waals surface area contributed by atoms with Crippen molar-refractivity contribution in [1.82, 2.24) is 30.4 Å². The number of likely N-dealkylation sites (tertiary alicyclic amines) is 2. The number of nitriles is 2. The number of hydrogen-bond acceptors (Lipinski definition) is 15. The van der Waals surface area contributed by atoms with Gasteiger partial charge in [-0.25, -0.2) is 0 Å². The van der Waals surface area contributed by atoms with E-state index in [1.807, 2.05) is 50.2 Å². The molecule has 18 nitrogen and oxygen atoms in total. The summed E-state index contributed by atoms with van der Waals surface area (Å²) in [7, 11) is -4.26. The van der Waals surface area contributed by atoms with Crippen LogP contribution in [-0.2, 0) is 44.5 Å². The first kappa shape index (κ1) is 78.6. The van der Waals surface area contributed by atoms with Gasteiger partial charge < -0.3 is 31.3 Å². The van der Waals surface area contributed by atoms with Crippen LogP contribution in [0.2, 0.25) is 0 Å². The van der Waals surface area contributed by atoms with Gasteiger partial charge in [-0.15, -0.1) is 29.1 Å². The second kappa shape index (κ2) is 30.6. The molecule has 98 heavy (non-hydrogen) atoms. The summed E-state index contributed by atoms with van der Waals surface area (Å²) in [6.07, 6.45) is -11.3. The van der Waals surface area contributed by atoms with Crippen LogP contribution in [0.1, 0.15) is 114 Å². The second-order valence-electron chi connectivity index (χ2n) is 25.9.